The molecule has 1 fully saturated rings. The maximum Gasteiger partial charge on any atom is 0.0948 e. The van der Waals surface area contributed by atoms with Crippen LogP contribution in [0.1, 0.15) is 38.3 Å². The Bertz CT molecular complexity index is 351. The molecule has 102 valence electrons. The Morgan fingerprint density at radius 2 is 2.17 bits per heavy atom. The molecule has 2 N–H and O–H groups in total. The summed E-state index contributed by atoms with van der Waals surface area (Å²) >= 11 is 0. The van der Waals surface area contributed by atoms with E-state index >= 15 is 0 Å². The van der Waals surface area contributed by atoms with Gasteiger partial charge in [0.15, 0.2) is 0 Å². The first-order chi connectivity index (χ1) is 8.85. The zero-order valence-corrected chi connectivity index (χ0v) is 11.3. The molecule has 0 bridgehead atoms. The summed E-state index contributed by atoms with van der Waals surface area (Å²) in [6.07, 6.45) is 8.86. The molecule has 2 unspecified atom stereocenters. The van der Waals surface area contributed by atoms with Crippen molar-refractivity contribution in [3.63, 3.8) is 0 Å². The van der Waals surface area contributed by atoms with Gasteiger partial charge in [0.05, 0.1) is 12.0 Å². The van der Waals surface area contributed by atoms with E-state index in [0.717, 1.165) is 19.6 Å². The largest absolute Gasteiger partial charge is 0.396 e. The van der Waals surface area contributed by atoms with Gasteiger partial charge in [-0.2, -0.15) is 0 Å². The van der Waals surface area contributed by atoms with Crippen molar-refractivity contribution < 1.29 is 5.11 Å². The smallest absolute Gasteiger partial charge is 0.0948 e. The van der Waals surface area contributed by atoms with Gasteiger partial charge in [-0.1, -0.05) is 12.8 Å². The SMILES string of the molecule is CCn1cncc1CNCC1CCCCC1CO. The van der Waals surface area contributed by atoms with Crippen LogP contribution in [0.2, 0.25) is 0 Å². The minimum Gasteiger partial charge on any atom is -0.396 e. The molecule has 1 saturated carbocycles. The summed E-state index contributed by atoms with van der Waals surface area (Å²) in [4.78, 5) is 4.17. The Morgan fingerprint density at radius 3 is 2.89 bits per heavy atom. The van der Waals surface area contributed by atoms with E-state index in [4.69, 9.17) is 0 Å². The fourth-order valence-electron chi connectivity index (χ4n) is 2.96. The lowest BCUT2D eigenvalue weighted by molar-refractivity contribution is 0.133. The topological polar surface area (TPSA) is 50.1 Å². The highest BCUT2D eigenvalue weighted by molar-refractivity contribution is 4.97. The summed E-state index contributed by atoms with van der Waals surface area (Å²) in [6, 6.07) is 0. The quantitative estimate of drug-likeness (QED) is 0.810. The van der Waals surface area contributed by atoms with Crippen LogP contribution in [0, 0.1) is 11.8 Å². The highest BCUT2D eigenvalue weighted by Crippen LogP contribution is 2.29. The van der Waals surface area contributed by atoms with Crippen LogP contribution >= 0.6 is 0 Å². The second-order valence-electron chi connectivity index (χ2n) is 5.29. The van der Waals surface area contributed by atoms with Crippen LogP contribution in [0.15, 0.2) is 12.5 Å². The number of hydrogen-bond acceptors (Lipinski definition) is 3. The van der Waals surface area contributed by atoms with Crippen LogP contribution in [0.3, 0.4) is 0 Å². The summed E-state index contributed by atoms with van der Waals surface area (Å²) in [5, 5.41) is 12.9. The van der Waals surface area contributed by atoms with Gasteiger partial charge < -0.3 is 15.0 Å². The monoisotopic (exact) mass is 251 g/mol. The van der Waals surface area contributed by atoms with Crippen molar-refractivity contribution in [2.24, 2.45) is 11.8 Å². The van der Waals surface area contributed by atoms with Crippen molar-refractivity contribution in [1.29, 1.82) is 0 Å². The van der Waals surface area contributed by atoms with Gasteiger partial charge in [-0.25, -0.2) is 4.98 Å². The third-order valence-corrected chi connectivity index (χ3v) is 4.15. The predicted molar refractivity (Wildman–Crippen MR) is 72.1 cm³/mol. The molecule has 0 saturated heterocycles. The van der Waals surface area contributed by atoms with Crippen molar-refractivity contribution in [3.8, 4) is 0 Å². The Morgan fingerprint density at radius 1 is 1.39 bits per heavy atom. The van der Waals surface area contributed by atoms with E-state index in [1.54, 1.807) is 0 Å². The van der Waals surface area contributed by atoms with Crippen molar-refractivity contribution in [2.45, 2.75) is 45.7 Å². The first-order valence-corrected chi connectivity index (χ1v) is 7.15. The lowest BCUT2D eigenvalue weighted by Gasteiger charge is -2.30. The van der Waals surface area contributed by atoms with Crippen LogP contribution in [-0.2, 0) is 13.1 Å². The molecule has 2 rings (SSSR count). The number of aliphatic hydroxyl groups is 1. The van der Waals surface area contributed by atoms with Crippen molar-refractivity contribution >= 4 is 0 Å². The van der Waals surface area contributed by atoms with Gasteiger partial charge in [-0.15, -0.1) is 0 Å². The molecule has 2 atom stereocenters. The van der Waals surface area contributed by atoms with Gasteiger partial charge >= 0.3 is 0 Å². The van der Waals surface area contributed by atoms with E-state index in [1.165, 1.54) is 31.4 Å². The number of aryl methyl sites for hydroxylation is 1. The van der Waals surface area contributed by atoms with Gasteiger partial charge in [0.2, 0.25) is 0 Å². The average Bonchev–Trinajstić information content (AvgIpc) is 2.87. The minimum atomic E-state index is 0.346. The maximum absolute atomic E-state index is 9.39. The molecule has 1 aromatic rings. The van der Waals surface area contributed by atoms with Gasteiger partial charge in [0, 0.05) is 25.9 Å². The molecule has 0 spiro atoms. The molecule has 4 nitrogen and oxygen atoms in total. The number of aromatic nitrogens is 2. The van der Waals surface area contributed by atoms with E-state index in [2.05, 4.69) is 21.8 Å². The average molecular weight is 251 g/mol. The zero-order valence-electron chi connectivity index (χ0n) is 11.3. The molecular formula is C14H25N3O. The van der Waals surface area contributed by atoms with Crippen LogP contribution in [0.25, 0.3) is 0 Å². The van der Waals surface area contributed by atoms with Crippen molar-refractivity contribution in [1.82, 2.24) is 14.9 Å². The van der Waals surface area contributed by atoms with Crippen molar-refractivity contribution in [3.05, 3.63) is 18.2 Å². The highest BCUT2D eigenvalue weighted by atomic mass is 16.3. The third kappa shape index (κ3) is 3.33. The van der Waals surface area contributed by atoms with E-state index in [1.807, 2.05) is 12.5 Å². The Kier molecular flexibility index (Phi) is 5.20. The molecule has 1 aromatic heterocycles. The molecule has 0 amide bonds. The molecule has 0 radical (unpaired) electrons. The van der Waals surface area contributed by atoms with Gasteiger partial charge in [-0.3, -0.25) is 0 Å². The van der Waals surface area contributed by atoms with Crippen LogP contribution in [0.5, 0.6) is 0 Å². The molecule has 1 aliphatic rings. The molecular weight excluding hydrogens is 226 g/mol. The van der Waals surface area contributed by atoms with E-state index in [-0.39, 0.29) is 0 Å². The van der Waals surface area contributed by atoms with E-state index < -0.39 is 0 Å². The second-order valence-corrected chi connectivity index (χ2v) is 5.29. The third-order valence-electron chi connectivity index (χ3n) is 4.15. The molecule has 18 heavy (non-hydrogen) atoms. The lowest BCUT2D eigenvalue weighted by atomic mass is 9.79. The number of aliphatic hydroxyl groups excluding tert-OH is 1. The number of imidazole rings is 1. The maximum atomic E-state index is 9.39. The fraction of sp³-hybridized carbons (Fsp3) is 0.786. The molecule has 1 aliphatic carbocycles. The summed E-state index contributed by atoms with van der Waals surface area (Å²) < 4.78 is 2.16. The molecule has 4 heteroatoms. The van der Waals surface area contributed by atoms with Gasteiger partial charge in [0.1, 0.15) is 0 Å². The Balaban J connectivity index is 1.77. The molecule has 1 heterocycles. The number of rotatable bonds is 6. The Labute approximate surface area is 109 Å². The molecule has 0 aromatic carbocycles. The van der Waals surface area contributed by atoms with E-state index in [9.17, 15) is 5.11 Å². The Hall–Kier alpha value is -0.870. The highest BCUT2D eigenvalue weighted by Gasteiger charge is 2.23. The van der Waals surface area contributed by atoms with E-state index in [0.29, 0.717) is 18.4 Å². The lowest BCUT2D eigenvalue weighted by Crippen LogP contribution is -2.32. The van der Waals surface area contributed by atoms with Crippen LogP contribution in [0.4, 0.5) is 0 Å². The normalized spacial score (nSPS) is 24.3. The summed E-state index contributed by atoms with van der Waals surface area (Å²) in [6.45, 7) is 5.34. The van der Waals surface area contributed by atoms with Crippen LogP contribution in [-0.4, -0.2) is 27.8 Å². The summed E-state index contributed by atoms with van der Waals surface area (Å²) in [5.41, 5.74) is 1.24. The van der Waals surface area contributed by atoms with Gasteiger partial charge in [0.25, 0.3) is 0 Å². The minimum absolute atomic E-state index is 0.346. The first kappa shape index (κ1) is 13.6. The molecule has 0 aliphatic heterocycles. The van der Waals surface area contributed by atoms with Crippen LogP contribution < -0.4 is 5.32 Å². The second kappa shape index (κ2) is 6.90. The fourth-order valence-corrected chi connectivity index (χ4v) is 2.96. The summed E-state index contributed by atoms with van der Waals surface area (Å²) in [5.74, 6) is 1.14. The number of hydrogen-bond donors (Lipinski definition) is 2. The first-order valence-electron chi connectivity index (χ1n) is 7.15. The standard InChI is InChI=1S/C14H25N3O/c1-2-17-11-16-9-14(17)8-15-7-12-5-3-4-6-13(12)10-18/h9,11-13,15,18H,2-8,10H2,1H3. The van der Waals surface area contributed by atoms with Crippen molar-refractivity contribution in [2.75, 3.05) is 13.2 Å². The number of nitrogens with zero attached hydrogens (tertiary/aromatic N) is 2. The predicted octanol–water partition coefficient (Wildman–Crippen LogP) is 1.79. The number of nitrogens with one attached hydrogen (secondary N) is 1. The zero-order chi connectivity index (χ0) is 12.8. The summed E-state index contributed by atoms with van der Waals surface area (Å²) in [7, 11) is 0. The van der Waals surface area contributed by atoms with Gasteiger partial charge in [-0.05, 0) is 38.1 Å².